The molecule has 1 aliphatic heterocycles. The van der Waals surface area contributed by atoms with Crippen LogP contribution in [0.25, 0.3) is 5.69 Å². The third-order valence-corrected chi connectivity index (χ3v) is 6.25. The number of hydrogen-bond donors (Lipinski definition) is 2. The van der Waals surface area contributed by atoms with E-state index in [0.29, 0.717) is 35.7 Å². The van der Waals surface area contributed by atoms with Crippen molar-refractivity contribution in [3.05, 3.63) is 65.5 Å². The summed E-state index contributed by atoms with van der Waals surface area (Å²) in [5.41, 5.74) is 2.74. The molecule has 4 rings (SSSR count). The number of amides is 3. The Morgan fingerprint density at radius 2 is 1.66 bits per heavy atom. The SMILES string of the molecule is CC.CNC(=O)c1nn(-c2ccc(OC)cc2)c(C(=O)Nc2ccc(N3CCCCC3=O)cc2)c1CCCl. The first-order valence-corrected chi connectivity index (χ1v) is 13.3. The summed E-state index contributed by atoms with van der Waals surface area (Å²) in [4.78, 5) is 40.1. The quantitative estimate of drug-likeness (QED) is 0.399. The number of carbonyl (C=O) groups is 3. The van der Waals surface area contributed by atoms with E-state index in [9.17, 15) is 14.4 Å². The Labute approximate surface area is 228 Å². The lowest BCUT2D eigenvalue weighted by Gasteiger charge is -2.26. The summed E-state index contributed by atoms with van der Waals surface area (Å²) in [5.74, 6) is 0.116. The van der Waals surface area contributed by atoms with Crippen LogP contribution in [0.1, 0.15) is 59.7 Å². The summed E-state index contributed by atoms with van der Waals surface area (Å²) >= 11 is 6.04. The van der Waals surface area contributed by atoms with Gasteiger partial charge in [0.1, 0.15) is 11.4 Å². The van der Waals surface area contributed by atoms with Gasteiger partial charge in [-0.25, -0.2) is 4.68 Å². The molecular weight excluding hydrogens is 506 g/mol. The minimum Gasteiger partial charge on any atom is -0.497 e. The topological polar surface area (TPSA) is 106 Å². The van der Waals surface area contributed by atoms with Gasteiger partial charge in [-0.1, -0.05) is 13.8 Å². The van der Waals surface area contributed by atoms with E-state index >= 15 is 0 Å². The van der Waals surface area contributed by atoms with E-state index in [1.165, 1.54) is 11.7 Å². The van der Waals surface area contributed by atoms with Crippen molar-refractivity contribution in [3.8, 4) is 11.4 Å². The van der Waals surface area contributed by atoms with Gasteiger partial charge < -0.3 is 20.3 Å². The molecule has 3 aromatic rings. The third-order valence-electron chi connectivity index (χ3n) is 6.06. The maximum absolute atomic E-state index is 13.6. The van der Waals surface area contributed by atoms with Gasteiger partial charge >= 0.3 is 0 Å². The fourth-order valence-corrected chi connectivity index (χ4v) is 4.41. The molecule has 2 heterocycles. The molecule has 0 radical (unpaired) electrons. The van der Waals surface area contributed by atoms with Gasteiger partial charge in [0.15, 0.2) is 5.69 Å². The van der Waals surface area contributed by atoms with Gasteiger partial charge in [-0.15, -0.1) is 11.6 Å². The summed E-state index contributed by atoms with van der Waals surface area (Å²) in [5, 5.41) is 9.95. The summed E-state index contributed by atoms with van der Waals surface area (Å²) in [7, 11) is 3.07. The molecule has 1 aromatic heterocycles. The van der Waals surface area contributed by atoms with Crippen LogP contribution in [-0.4, -0.2) is 54.1 Å². The van der Waals surface area contributed by atoms with Crippen LogP contribution < -0.4 is 20.3 Å². The molecule has 202 valence electrons. The molecule has 10 heteroatoms. The van der Waals surface area contributed by atoms with E-state index < -0.39 is 11.8 Å². The predicted molar refractivity (Wildman–Crippen MR) is 150 cm³/mol. The molecule has 1 fully saturated rings. The molecule has 38 heavy (non-hydrogen) atoms. The molecule has 1 aliphatic rings. The van der Waals surface area contributed by atoms with E-state index in [1.54, 1.807) is 48.4 Å². The minimum atomic E-state index is -0.435. The van der Waals surface area contributed by atoms with E-state index in [0.717, 1.165) is 18.5 Å². The molecule has 2 aromatic carbocycles. The van der Waals surface area contributed by atoms with Gasteiger partial charge in [0.2, 0.25) is 5.91 Å². The zero-order valence-corrected chi connectivity index (χ0v) is 23.0. The summed E-state index contributed by atoms with van der Waals surface area (Å²) < 4.78 is 6.68. The van der Waals surface area contributed by atoms with E-state index in [2.05, 4.69) is 15.7 Å². The van der Waals surface area contributed by atoms with Gasteiger partial charge in [0.05, 0.1) is 12.8 Å². The van der Waals surface area contributed by atoms with Crippen molar-refractivity contribution in [2.75, 3.05) is 36.8 Å². The van der Waals surface area contributed by atoms with Crippen LogP contribution in [0.3, 0.4) is 0 Å². The van der Waals surface area contributed by atoms with E-state index in [4.69, 9.17) is 16.3 Å². The second kappa shape index (κ2) is 13.6. The van der Waals surface area contributed by atoms with E-state index in [1.807, 2.05) is 26.0 Å². The van der Waals surface area contributed by atoms with Crippen LogP contribution in [0.5, 0.6) is 5.75 Å². The molecule has 3 amide bonds. The highest BCUT2D eigenvalue weighted by Gasteiger charge is 2.27. The minimum absolute atomic E-state index is 0.105. The van der Waals surface area contributed by atoms with Gasteiger partial charge in [-0.3, -0.25) is 14.4 Å². The third kappa shape index (κ3) is 6.34. The number of aromatic nitrogens is 2. The summed E-state index contributed by atoms with van der Waals surface area (Å²) in [6.07, 6.45) is 2.70. The smallest absolute Gasteiger partial charge is 0.274 e. The number of ether oxygens (including phenoxy) is 1. The maximum Gasteiger partial charge on any atom is 0.274 e. The van der Waals surface area contributed by atoms with Crippen LogP contribution in [0.2, 0.25) is 0 Å². The standard InChI is InChI=1S/C26H28ClN5O4.C2H6/c1-28-25(34)23-21(14-15-27)24(32(30-23)19-10-12-20(36-2)13-11-19)26(35)29-17-6-8-18(9-7-17)31-16-4-3-5-22(31)33;1-2/h6-13H,3-5,14-16H2,1-2H3,(H,28,34)(H,29,35);1-2H3. The Bertz CT molecular complexity index is 1260. The molecule has 0 bridgehead atoms. The molecule has 1 saturated heterocycles. The number of benzene rings is 2. The van der Waals surface area contributed by atoms with Crippen LogP contribution >= 0.6 is 11.6 Å². The van der Waals surface area contributed by atoms with Crippen LogP contribution in [-0.2, 0) is 11.2 Å². The molecular formula is C28H34ClN5O4. The molecule has 0 atom stereocenters. The highest BCUT2D eigenvalue weighted by Crippen LogP contribution is 2.26. The number of carbonyl (C=O) groups excluding carboxylic acids is 3. The Balaban J connectivity index is 0.00000195. The predicted octanol–water partition coefficient (Wildman–Crippen LogP) is 4.82. The van der Waals surface area contributed by atoms with Crippen molar-refractivity contribution >= 4 is 40.7 Å². The number of halogens is 1. The Morgan fingerprint density at radius 3 is 2.24 bits per heavy atom. The number of nitrogens with zero attached hydrogens (tertiary/aromatic N) is 3. The number of piperidine rings is 1. The average Bonchev–Trinajstić information content (AvgIpc) is 3.34. The normalized spacial score (nSPS) is 12.9. The van der Waals surface area contributed by atoms with Crippen molar-refractivity contribution in [2.45, 2.75) is 39.5 Å². The fourth-order valence-electron chi connectivity index (χ4n) is 4.22. The average molecular weight is 540 g/mol. The highest BCUT2D eigenvalue weighted by molar-refractivity contribution is 6.18. The Morgan fingerprint density at radius 1 is 1.00 bits per heavy atom. The van der Waals surface area contributed by atoms with Gasteiger partial charge in [0, 0.05) is 42.8 Å². The lowest BCUT2D eigenvalue weighted by molar-refractivity contribution is -0.119. The second-order valence-corrected chi connectivity index (χ2v) is 8.69. The monoisotopic (exact) mass is 539 g/mol. The molecule has 0 aliphatic carbocycles. The molecule has 0 unspecified atom stereocenters. The van der Waals surface area contributed by atoms with Crippen LogP contribution in [0.4, 0.5) is 11.4 Å². The fraction of sp³-hybridized carbons (Fsp3) is 0.357. The number of nitrogens with one attached hydrogen (secondary N) is 2. The van der Waals surface area contributed by atoms with Gasteiger partial charge in [-0.2, -0.15) is 5.10 Å². The summed E-state index contributed by atoms with van der Waals surface area (Å²) in [6, 6.07) is 14.1. The van der Waals surface area contributed by atoms with Crippen LogP contribution in [0, 0.1) is 0 Å². The van der Waals surface area contributed by atoms with Crippen molar-refractivity contribution in [1.82, 2.24) is 15.1 Å². The largest absolute Gasteiger partial charge is 0.497 e. The highest BCUT2D eigenvalue weighted by atomic mass is 35.5. The first-order valence-electron chi connectivity index (χ1n) is 12.7. The Kier molecular flexibility index (Phi) is 10.3. The number of hydrogen-bond acceptors (Lipinski definition) is 5. The molecule has 0 spiro atoms. The number of anilines is 2. The van der Waals surface area contributed by atoms with Crippen molar-refractivity contribution in [1.29, 1.82) is 0 Å². The lowest BCUT2D eigenvalue weighted by Crippen LogP contribution is -2.35. The van der Waals surface area contributed by atoms with Crippen molar-refractivity contribution < 1.29 is 19.1 Å². The molecule has 0 saturated carbocycles. The van der Waals surface area contributed by atoms with Gasteiger partial charge in [0.25, 0.3) is 11.8 Å². The Hall–Kier alpha value is -3.85. The maximum atomic E-state index is 13.6. The van der Waals surface area contributed by atoms with Crippen molar-refractivity contribution in [3.63, 3.8) is 0 Å². The number of rotatable bonds is 8. The number of alkyl halides is 1. The van der Waals surface area contributed by atoms with E-state index in [-0.39, 0.29) is 29.6 Å². The lowest BCUT2D eigenvalue weighted by atomic mass is 10.1. The van der Waals surface area contributed by atoms with Crippen molar-refractivity contribution in [2.24, 2.45) is 0 Å². The van der Waals surface area contributed by atoms with Gasteiger partial charge in [-0.05, 0) is 67.8 Å². The first kappa shape index (κ1) is 28.7. The summed E-state index contributed by atoms with van der Waals surface area (Å²) in [6.45, 7) is 4.69. The zero-order chi connectivity index (χ0) is 27.7. The molecule has 9 nitrogen and oxygen atoms in total. The second-order valence-electron chi connectivity index (χ2n) is 8.31. The first-order chi connectivity index (χ1) is 18.5. The molecule has 2 N–H and O–H groups in total. The number of methoxy groups -OCH3 is 1. The van der Waals surface area contributed by atoms with Crippen LogP contribution in [0.15, 0.2) is 48.5 Å². The zero-order valence-electron chi connectivity index (χ0n) is 22.2.